The van der Waals surface area contributed by atoms with Gasteiger partial charge in [0.1, 0.15) is 5.82 Å². The monoisotopic (exact) mass is 298 g/mol. The number of aromatic carboxylic acids is 1. The van der Waals surface area contributed by atoms with E-state index in [-0.39, 0.29) is 5.69 Å². The Kier molecular flexibility index (Phi) is 3.30. The van der Waals surface area contributed by atoms with Crippen molar-refractivity contribution in [3.05, 3.63) is 22.2 Å². The number of ether oxygens (including phenoxy) is 1. The van der Waals surface area contributed by atoms with Crippen LogP contribution in [0.15, 0.2) is 12.1 Å². The van der Waals surface area contributed by atoms with Gasteiger partial charge in [0, 0.05) is 23.2 Å². The standard InChI is InChI=1S/C12H11ClN2O3S/c13-10-5-7-9(19-10)6-8(12(16)17)14-11(7)15-1-3-18-4-2-15/h5-6H,1-4H2,(H,16,17). The van der Waals surface area contributed by atoms with E-state index in [1.54, 1.807) is 6.07 Å². The first-order valence-electron chi connectivity index (χ1n) is 5.81. The number of pyridine rings is 1. The molecule has 3 rings (SSSR count). The summed E-state index contributed by atoms with van der Waals surface area (Å²) in [4.78, 5) is 17.5. The van der Waals surface area contributed by atoms with Crippen molar-refractivity contribution in [3.8, 4) is 0 Å². The number of halogens is 1. The summed E-state index contributed by atoms with van der Waals surface area (Å²) in [5.74, 6) is -0.345. The number of fused-ring (bicyclic) bond motifs is 1. The van der Waals surface area contributed by atoms with Crippen LogP contribution in [0.1, 0.15) is 10.5 Å². The van der Waals surface area contributed by atoms with Gasteiger partial charge in [-0.05, 0) is 12.1 Å². The number of carboxylic acid groups (broad SMARTS) is 1. The highest BCUT2D eigenvalue weighted by Gasteiger charge is 2.19. The van der Waals surface area contributed by atoms with E-state index < -0.39 is 5.97 Å². The summed E-state index contributed by atoms with van der Waals surface area (Å²) in [6, 6.07) is 3.41. The molecule has 5 nitrogen and oxygen atoms in total. The number of thiophene rings is 1. The van der Waals surface area contributed by atoms with Gasteiger partial charge in [-0.1, -0.05) is 11.6 Å². The minimum Gasteiger partial charge on any atom is -0.477 e. The lowest BCUT2D eigenvalue weighted by atomic mass is 10.2. The van der Waals surface area contributed by atoms with Gasteiger partial charge in [0.2, 0.25) is 0 Å². The fourth-order valence-corrected chi connectivity index (χ4v) is 3.29. The van der Waals surface area contributed by atoms with Crippen molar-refractivity contribution in [2.75, 3.05) is 31.2 Å². The second kappa shape index (κ2) is 4.96. The van der Waals surface area contributed by atoms with Gasteiger partial charge in [0.05, 0.1) is 17.6 Å². The zero-order chi connectivity index (χ0) is 13.4. The van der Waals surface area contributed by atoms with E-state index in [0.717, 1.165) is 10.1 Å². The number of hydrogen-bond donors (Lipinski definition) is 1. The third-order valence-corrected chi connectivity index (χ3v) is 4.21. The van der Waals surface area contributed by atoms with E-state index in [4.69, 9.17) is 21.4 Å². The van der Waals surface area contributed by atoms with Gasteiger partial charge in [-0.3, -0.25) is 0 Å². The van der Waals surface area contributed by atoms with E-state index in [0.29, 0.717) is 36.5 Å². The summed E-state index contributed by atoms with van der Waals surface area (Å²) in [6.45, 7) is 2.66. The van der Waals surface area contributed by atoms with Crippen LogP contribution in [0.3, 0.4) is 0 Å². The number of carboxylic acids is 1. The molecule has 2 aromatic rings. The van der Waals surface area contributed by atoms with E-state index in [1.807, 2.05) is 11.0 Å². The molecule has 1 fully saturated rings. The summed E-state index contributed by atoms with van der Waals surface area (Å²) in [6.07, 6.45) is 0. The SMILES string of the molecule is O=C(O)c1cc2sc(Cl)cc2c(N2CCOCC2)n1. The van der Waals surface area contributed by atoms with Crippen LogP contribution in [0.4, 0.5) is 5.82 Å². The molecule has 2 aromatic heterocycles. The van der Waals surface area contributed by atoms with E-state index >= 15 is 0 Å². The molecule has 0 atom stereocenters. The first kappa shape index (κ1) is 12.7. The Morgan fingerprint density at radius 3 is 2.84 bits per heavy atom. The predicted octanol–water partition coefficient (Wildman–Crippen LogP) is 2.48. The van der Waals surface area contributed by atoms with E-state index in [9.17, 15) is 4.79 Å². The maximum atomic E-state index is 11.2. The molecule has 0 aromatic carbocycles. The lowest BCUT2D eigenvalue weighted by Gasteiger charge is -2.28. The Morgan fingerprint density at radius 2 is 2.16 bits per heavy atom. The highest BCUT2D eigenvalue weighted by molar-refractivity contribution is 7.22. The Morgan fingerprint density at radius 1 is 1.42 bits per heavy atom. The summed E-state index contributed by atoms with van der Waals surface area (Å²) < 4.78 is 6.79. The number of hydrogen-bond acceptors (Lipinski definition) is 5. The Balaban J connectivity index is 2.16. The molecule has 19 heavy (non-hydrogen) atoms. The Bertz CT molecular complexity index is 637. The molecule has 100 valence electrons. The highest BCUT2D eigenvalue weighted by atomic mass is 35.5. The minimum absolute atomic E-state index is 0.0486. The largest absolute Gasteiger partial charge is 0.477 e. The Labute approximate surface area is 118 Å². The maximum Gasteiger partial charge on any atom is 0.354 e. The molecule has 0 amide bonds. The lowest BCUT2D eigenvalue weighted by molar-refractivity contribution is 0.0691. The minimum atomic E-state index is -1.03. The number of rotatable bonds is 2. The number of nitrogens with zero attached hydrogens (tertiary/aromatic N) is 2. The van der Waals surface area contributed by atoms with E-state index in [1.165, 1.54) is 11.3 Å². The van der Waals surface area contributed by atoms with Crippen LogP contribution in [-0.2, 0) is 4.74 Å². The van der Waals surface area contributed by atoms with Crippen LogP contribution in [0.25, 0.3) is 10.1 Å². The smallest absolute Gasteiger partial charge is 0.354 e. The topological polar surface area (TPSA) is 62.7 Å². The maximum absolute atomic E-state index is 11.2. The second-order valence-corrected chi connectivity index (χ2v) is 5.91. The number of carbonyl (C=O) groups is 1. The molecule has 1 aliphatic rings. The van der Waals surface area contributed by atoms with Gasteiger partial charge in [0.25, 0.3) is 0 Å². The normalized spacial score (nSPS) is 15.9. The molecule has 0 aliphatic carbocycles. The zero-order valence-corrected chi connectivity index (χ0v) is 11.5. The molecule has 0 bridgehead atoms. The van der Waals surface area contributed by atoms with E-state index in [2.05, 4.69) is 4.98 Å². The third-order valence-electron chi connectivity index (χ3n) is 3.00. The quantitative estimate of drug-likeness (QED) is 0.923. The van der Waals surface area contributed by atoms with Crippen LogP contribution in [0.2, 0.25) is 4.34 Å². The summed E-state index contributed by atoms with van der Waals surface area (Å²) in [5.41, 5.74) is 0.0486. The zero-order valence-electron chi connectivity index (χ0n) is 9.93. The van der Waals surface area contributed by atoms with Crippen molar-refractivity contribution >= 4 is 44.8 Å². The highest BCUT2D eigenvalue weighted by Crippen LogP contribution is 2.35. The van der Waals surface area contributed by atoms with Gasteiger partial charge < -0.3 is 14.7 Å². The van der Waals surface area contributed by atoms with Crippen LogP contribution < -0.4 is 4.90 Å². The van der Waals surface area contributed by atoms with Crippen molar-refractivity contribution in [1.82, 2.24) is 4.98 Å². The molecule has 0 unspecified atom stereocenters. The van der Waals surface area contributed by atoms with Gasteiger partial charge in [-0.2, -0.15) is 0 Å². The van der Waals surface area contributed by atoms with Gasteiger partial charge in [-0.25, -0.2) is 9.78 Å². The van der Waals surface area contributed by atoms with Crippen molar-refractivity contribution in [1.29, 1.82) is 0 Å². The van der Waals surface area contributed by atoms with Gasteiger partial charge in [0.15, 0.2) is 5.69 Å². The lowest BCUT2D eigenvalue weighted by Crippen LogP contribution is -2.37. The summed E-state index contributed by atoms with van der Waals surface area (Å²) in [7, 11) is 0. The second-order valence-electron chi connectivity index (χ2n) is 4.20. The molecule has 0 saturated carbocycles. The van der Waals surface area contributed by atoms with Gasteiger partial charge in [-0.15, -0.1) is 11.3 Å². The predicted molar refractivity (Wildman–Crippen MR) is 74.6 cm³/mol. The first-order valence-corrected chi connectivity index (χ1v) is 7.00. The molecular weight excluding hydrogens is 288 g/mol. The first-order chi connectivity index (χ1) is 9.15. The fraction of sp³-hybridized carbons (Fsp3) is 0.333. The number of aromatic nitrogens is 1. The summed E-state index contributed by atoms with van der Waals surface area (Å²) in [5, 5.41) is 10.0. The summed E-state index contributed by atoms with van der Waals surface area (Å²) >= 11 is 7.39. The molecular formula is C12H11ClN2O3S. The van der Waals surface area contributed by atoms with Crippen LogP contribution in [0.5, 0.6) is 0 Å². The fourth-order valence-electron chi connectivity index (χ4n) is 2.11. The molecule has 7 heteroatoms. The molecule has 1 aliphatic heterocycles. The van der Waals surface area contributed by atoms with Crippen LogP contribution in [0, 0.1) is 0 Å². The van der Waals surface area contributed by atoms with Crippen molar-refractivity contribution < 1.29 is 14.6 Å². The van der Waals surface area contributed by atoms with Crippen LogP contribution in [-0.4, -0.2) is 42.4 Å². The molecule has 0 radical (unpaired) electrons. The number of anilines is 1. The van der Waals surface area contributed by atoms with Crippen molar-refractivity contribution in [3.63, 3.8) is 0 Å². The average Bonchev–Trinajstić information content (AvgIpc) is 2.78. The third kappa shape index (κ3) is 2.39. The van der Waals surface area contributed by atoms with Crippen molar-refractivity contribution in [2.24, 2.45) is 0 Å². The molecule has 1 N–H and O–H groups in total. The number of morpholine rings is 1. The van der Waals surface area contributed by atoms with Crippen LogP contribution >= 0.6 is 22.9 Å². The molecule has 1 saturated heterocycles. The molecule has 3 heterocycles. The van der Waals surface area contributed by atoms with Gasteiger partial charge >= 0.3 is 5.97 Å². The molecule has 0 spiro atoms. The Hall–Kier alpha value is -1.37. The van der Waals surface area contributed by atoms with Crippen molar-refractivity contribution in [2.45, 2.75) is 0 Å². The average molecular weight is 299 g/mol.